The number of aromatic nitrogens is 3. The van der Waals surface area contributed by atoms with Crippen LogP contribution in [-0.4, -0.2) is 51.3 Å². The lowest BCUT2D eigenvalue weighted by atomic mass is 9.91. The minimum Gasteiger partial charge on any atom is -0.481 e. The number of halogens is 2. The number of hydrogen-bond donors (Lipinski definition) is 3. The number of amides is 1. The van der Waals surface area contributed by atoms with Crippen LogP contribution in [0.2, 0.25) is 5.02 Å². The van der Waals surface area contributed by atoms with Gasteiger partial charge in [-0.25, -0.2) is 23.7 Å². The fourth-order valence-electron chi connectivity index (χ4n) is 5.33. The SMILES string of the molecule is COc1ccc(-c2cc3c(NC4CCC(NC(=O)OC(C)(C)C)CC4)c(C(N)=Nc4cc(F)ccc4Cl)cnn3c2)c(C)n1. The van der Waals surface area contributed by atoms with Gasteiger partial charge in [0.25, 0.3) is 0 Å². The molecule has 0 unspecified atom stereocenters. The van der Waals surface area contributed by atoms with Crippen molar-refractivity contribution in [1.82, 2.24) is 19.9 Å². The number of nitrogens with zero attached hydrogens (tertiary/aromatic N) is 4. The number of rotatable bonds is 7. The second-order valence-corrected chi connectivity index (χ2v) is 12.3. The topological polar surface area (TPSA) is 128 Å². The maximum Gasteiger partial charge on any atom is 0.407 e. The molecule has 232 valence electrons. The number of aryl methyl sites for hydroxylation is 1. The summed E-state index contributed by atoms with van der Waals surface area (Å²) in [4.78, 5) is 21.3. The van der Waals surface area contributed by atoms with Gasteiger partial charge in [0.2, 0.25) is 5.88 Å². The van der Waals surface area contributed by atoms with Crippen molar-refractivity contribution in [2.45, 2.75) is 71.1 Å². The minimum absolute atomic E-state index is 0.0204. The van der Waals surface area contributed by atoms with E-state index in [1.54, 1.807) is 17.8 Å². The van der Waals surface area contributed by atoms with E-state index in [4.69, 9.17) is 26.8 Å². The number of ether oxygens (including phenoxy) is 2. The number of carbonyl (C=O) groups excluding carboxylic acids is 1. The van der Waals surface area contributed by atoms with E-state index in [1.165, 1.54) is 18.2 Å². The van der Waals surface area contributed by atoms with Gasteiger partial charge in [0.15, 0.2) is 0 Å². The number of hydrogen-bond acceptors (Lipinski definition) is 7. The number of carbonyl (C=O) groups is 1. The van der Waals surface area contributed by atoms with Gasteiger partial charge in [-0.05, 0) is 77.6 Å². The van der Waals surface area contributed by atoms with Gasteiger partial charge in [0.05, 0.1) is 40.8 Å². The quantitative estimate of drug-likeness (QED) is 0.153. The predicted molar refractivity (Wildman–Crippen MR) is 171 cm³/mol. The van der Waals surface area contributed by atoms with Crippen molar-refractivity contribution in [2.75, 3.05) is 12.4 Å². The van der Waals surface area contributed by atoms with Gasteiger partial charge in [-0.15, -0.1) is 0 Å². The van der Waals surface area contributed by atoms with E-state index < -0.39 is 17.5 Å². The molecule has 0 atom stereocenters. The molecule has 1 fully saturated rings. The highest BCUT2D eigenvalue weighted by molar-refractivity contribution is 6.33. The molecule has 3 aromatic heterocycles. The first-order chi connectivity index (χ1) is 20.9. The summed E-state index contributed by atoms with van der Waals surface area (Å²) in [5.74, 6) is 0.208. The number of methoxy groups -OCH3 is 1. The van der Waals surface area contributed by atoms with Crippen LogP contribution in [0.1, 0.15) is 57.7 Å². The number of alkyl carbamates (subject to hydrolysis) is 1. The summed E-state index contributed by atoms with van der Waals surface area (Å²) in [5.41, 5.74) is 10.9. The van der Waals surface area contributed by atoms with E-state index in [0.717, 1.165) is 53.7 Å². The Hall–Kier alpha value is -4.38. The highest BCUT2D eigenvalue weighted by atomic mass is 35.5. The Kier molecular flexibility index (Phi) is 8.96. The smallest absolute Gasteiger partial charge is 0.407 e. The maximum atomic E-state index is 14.0. The summed E-state index contributed by atoms with van der Waals surface area (Å²) in [7, 11) is 1.58. The molecule has 1 saturated carbocycles. The van der Waals surface area contributed by atoms with Crippen LogP contribution in [0.15, 0.2) is 53.8 Å². The predicted octanol–water partition coefficient (Wildman–Crippen LogP) is 6.79. The highest BCUT2D eigenvalue weighted by Gasteiger charge is 2.26. The molecular formula is C32H37ClFN7O3. The largest absolute Gasteiger partial charge is 0.481 e. The van der Waals surface area contributed by atoms with E-state index in [2.05, 4.69) is 25.7 Å². The third-order valence-electron chi connectivity index (χ3n) is 7.44. The molecule has 1 aromatic carbocycles. The van der Waals surface area contributed by atoms with Crippen LogP contribution in [0.3, 0.4) is 0 Å². The molecule has 1 amide bonds. The standard InChI is InChI=1S/C32H37ClFN7O3/c1-18-23(11-13-28(37-18)43-5)19-14-27-29(38-21-7-9-22(10-8-21)39-31(42)44-32(2,3)4)24(16-36-41(27)17-19)30(35)40-26-15-20(34)6-12-25(26)33/h6,11-17,21-22,38H,7-10H2,1-5H3,(H2,35,40)(H,39,42). The molecule has 3 heterocycles. The Bertz CT molecular complexity index is 1710. The van der Waals surface area contributed by atoms with Crippen LogP contribution >= 0.6 is 11.6 Å². The Morgan fingerprint density at radius 1 is 1.14 bits per heavy atom. The molecule has 4 N–H and O–H groups in total. The van der Waals surface area contributed by atoms with E-state index in [0.29, 0.717) is 11.4 Å². The Labute approximate surface area is 260 Å². The second-order valence-electron chi connectivity index (χ2n) is 11.9. The molecule has 0 saturated heterocycles. The van der Waals surface area contributed by atoms with Crippen LogP contribution in [0.4, 0.5) is 20.6 Å². The first-order valence-corrected chi connectivity index (χ1v) is 14.9. The maximum absolute atomic E-state index is 14.0. The van der Waals surface area contributed by atoms with Crippen molar-refractivity contribution in [3.05, 3.63) is 70.9 Å². The van der Waals surface area contributed by atoms with E-state index in [-0.39, 0.29) is 28.6 Å². The summed E-state index contributed by atoms with van der Waals surface area (Å²) in [6.45, 7) is 7.46. The molecule has 1 aliphatic rings. The molecule has 0 bridgehead atoms. The molecule has 44 heavy (non-hydrogen) atoms. The average molecular weight is 622 g/mol. The van der Waals surface area contributed by atoms with Gasteiger partial charge in [-0.2, -0.15) is 5.10 Å². The zero-order chi connectivity index (χ0) is 31.6. The zero-order valence-corrected chi connectivity index (χ0v) is 26.2. The lowest BCUT2D eigenvalue weighted by molar-refractivity contribution is 0.0492. The monoisotopic (exact) mass is 621 g/mol. The number of pyridine rings is 1. The van der Waals surface area contributed by atoms with Crippen molar-refractivity contribution in [3.63, 3.8) is 0 Å². The summed E-state index contributed by atoms with van der Waals surface area (Å²) < 4.78 is 26.5. The van der Waals surface area contributed by atoms with E-state index in [9.17, 15) is 9.18 Å². The highest BCUT2D eigenvalue weighted by Crippen LogP contribution is 2.34. The summed E-state index contributed by atoms with van der Waals surface area (Å²) in [5, 5.41) is 11.6. The van der Waals surface area contributed by atoms with Crippen LogP contribution in [0, 0.1) is 12.7 Å². The van der Waals surface area contributed by atoms with Crippen molar-refractivity contribution in [1.29, 1.82) is 0 Å². The van der Waals surface area contributed by atoms with Gasteiger partial charge in [-0.1, -0.05) is 11.6 Å². The normalized spacial score (nSPS) is 17.4. The molecule has 0 aliphatic heterocycles. The molecule has 0 spiro atoms. The average Bonchev–Trinajstić information content (AvgIpc) is 3.39. The minimum atomic E-state index is -0.556. The van der Waals surface area contributed by atoms with Crippen LogP contribution in [0.5, 0.6) is 5.88 Å². The van der Waals surface area contributed by atoms with Gasteiger partial charge in [-0.3, -0.25) is 0 Å². The molecule has 4 aromatic rings. The van der Waals surface area contributed by atoms with Crippen LogP contribution in [-0.2, 0) is 4.74 Å². The van der Waals surface area contributed by atoms with Crippen molar-refractivity contribution in [2.24, 2.45) is 10.7 Å². The molecule has 12 heteroatoms. The van der Waals surface area contributed by atoms with Crippen molar-refractivity contribution >= 4 is 40.4 Å². The number of nitrogens with one attached hydrogen (secondary N) is 2. The summed E-state index contributed by atoms with van der Waals surface area (Å²) in [6, 6.07) is 9.86. The number of benzene rings is 1. The fourth-order valence-corrected chi connectivity index (χ4v) is 5.49. The third-order valence-corrected chi connectivity index (χ3v) is 7.76. The number of amidine groups is 1. The van der Waals surface area contributed by atoms with Gasteiger partial charge in [0.1, 0.15) is 17.3 Å². The molecule has 1 aliphatic carbocycles. The van der Waals surface area contributed by atoms with Gasteiger partial charge >= 0.3 is 6.09 Å². The lowest BCUT2D eigenvalue weighted by Crippen LogP contribution is -2.42. The molecule has 5 rings (SSSR count). The number of aliphatic imine (C=N–C) groups is 1. The van der Waals surface area contributed by atoms with Gasteiger partial charge in [0, 0.05) is 47.2 Å². The third kappa shape index (κ3) is 7.21. The first-order valence-electron chi connectivity index (χ1n) is 14.5. The first kappa shape index (κ1) is 31.1. The molecular weight excluding hydrogens is 585 g/mol. The summed E-state index contributed by atoms with van der Waals surface area (Å²) in [6.07, 6.45) is 6.32. The number of nitrogens with two attached hydrogens (primary N) is 1. The number of fused-ring (bicyclic) bond motifs is 1. The van der Waals surface area contributed by atoms with E-state index >= 15 is 0 Å². The van der Waals surface area contributed by atoms with Crippen LogP contribution in [0.25, 0.3) is 16.6 Å². The Balaban J connectivity index is 1.47. The van der Waals surface area contributed by atoms with Gasteiger partial charge < -0.3 is 25.8 Å². The Morgan fingerprint density at radius 3 is 2.55 bits per heavy atom. The van der Waals surface area contributed by atoms with E-state index in [1.807, 2.05) is 52.1 Å². The molecule has 0 radical (unpaired) electrons. The lowest BCUT2D eigenvalue weighted by Gasteiger charge is -2.31. The molecule has 10 nitrogen and oxygen atoms in total. The second kappa shape index (κ2) is 12.7. The zero-order valence-electron chi connectivity index (χ0n) is 25.4. The summed E-state index contributed by atoms with van der Waals surface area (Å²) >= 11 is 6.29. The van der Waals surface area contributed by atoms with Crippen LogP contribution < -0.4 is 21.1 Å². The van der Waals surface area contributed by atoms with Crippen molar-refractivity contribution < 1.29 is 18.7 Å². The number of anilines is 1. The van der Waals surface area contributed by atoms with Crippen molar-refractivity contribution in [3.8, 4) is 17.0 Å². The Morgan fingerprint density at radius 2 is 1.86 bits per heavy atom. The fraction of sp³-hybridized carbons (Fsp3) is 0.375.